The summed E-state index contributed by atoms with van der Waals surface area (Å²) in [5, 5.41) is 3.76. The van der Waals surface area contributed by atoms with Gasteiger partial charge < -0.3 is 10.2 Å². The SMILES string of the molecule is CCC1CCC(NCCCN2CCCC2)CC1. The van der Waals surface area contributed by atoms with Crippen LogP contribution < -0.4 is 5.32 Å². The van der Waals surface area contributed by atoms with Crippen LogP contribution in [0.2, 0.25) is 0 Å². The third kappa shape index (κ3) is 4.59. The van der Waals surface area contributed by atoms with Gasteiger partial charge in [-0.15, -0.1) is 0 Å². The number of rotatable bonds is 6. The van der Waals surface area contributed by atoms with E-state index >= 15 is 0 Å². The molecule has 0 radical (unpaired) electrons. The molecular formula is C15H30N2. The van der Waals surface area contributed by atoms with Crippen LogP contribution in [0.5, 0.6) is 0 Å². The van der Waals surface area contributed by atoms with Crippen molar-refractivity contribution in [1.82, 2.24) is 10.2 Å². The van der Waals surface area contributed by atoms with E-state index in [1.165, 1.54) is 77.5 Å². The van der Waals surface area contributed by atoms with Crippen molar-refractivity contribution in [3.05, 3.63) is 0 Å². The van der Waals surface area contributed by atoms with Crippen LogP contribution in [0.1, 0.15) is 58.3 Å². The van der Waals surface area contributed by atoms with E-state index in [4.69, 9.17) is 0 Å². The summed E-state index contributed by atoms with van der Waals surface area (Å²) in [6.07, 6.45) is 11.3. The van der Waals surface area contributed by atoms with Crippen molar-refractivity contribution < 1.29 is 0 Å². The van der Waals surface area contributed by atoms with Gasteiger partial charge in [-0.2, -0.15) is 0 Å². The van der Waals surface area contributed by atoms with Gasteiger partial charge in [0.2, 0.25) is 0 Å². The Balaban J connectivity index is 1.48. The summed E-state index contributed by atoms with van der Waals surface area (Å²) in [5.74, 6) is 1.03. The highest BCUT2D eigenvalue weighted by Gasteiger charge is 2.19. The molecule has 0 aromatic rings. The Morgan fingerprint density at radius 2 is 1.76 bits per heavy atom. The second-order valence-electron chi connectivity index (χ2n) is 5.98. The minimum absolute atomic E-state index is 0.830. The van der Waals surface area contributed by atoms with Crippen LogP contribution in [0.15, 0.2) is 0 Å². The van der Waals surface area contributed by atoms with Gasteiger partial charge in [-0.1, -0.05) is 13.3 Å². The number of likely N-dealkylation sites (tertiary alicyclic amines) is 1. The molecule has 2 rings (SSSR count). The Bertz CT molecular complexity index is 191. The summed E-state index contributed by atoms with van der Waals surface area (Å²) in [7, 11) is 0. The third-order valence-corrected chi connectivity index (χ3v) is 4.71. The predicted molar refractivity (Wildman–Crippen MR) is 74.3 cm³/mol. The van der Waals surface area contributed by atoms with Gasteiger partial charge in [-0.05, 0) is 77.0 Å². The van der Waals surface area contributed by atoms with Crippen molar-refractivity contribution in [3.63, 3.8) is 0 Å². The van der Waals surface area contributed by atoms with Gasteiger partial charge in [-0.25, -0.2) is 0 Å². The Labute approximate surface area is 107 Å². The number of nitrogens with zero attached hydrogens (tertiary/aromatic N) is 1. The first kappa shape index (κ1) is 13.4. The Hall–Kier alpha value is -0.0800. The molecule has 100 valence electrons. The van der Waals surface area contributed by atoms with Crippen molar-refractivity contribution in [2.24, 2.45) is 5.92 Å². The minimum atomic E-state index is 0.830. The van der Waals surface area contributed by atoms with Crippen LogP contribution in [0.3, 0.4) is 0 Å². The lowest BCUT2D eigenvalue weighted by Gasteiger charge is -2.28. The summed E-state index contributed by atoms with van der Waals surface area (Å²) in [6.45, 7) is 7.59. The van der Waals surface area contributed by atoms with E-state index in [2.05, 4.69) is 17.1 Å². The summed E-state index contributed by atoms with van der Waals surface area (Å²) < 4.78 is 0. The summed E-state index contributed by atoms with van der Waals surface area (Å²) in [4.78, 5) is 2.62. The molecule has 0 aromatic heterocycles. The third-order valence-electron chi connectivity index (χ3n) is 4.71. The zero-order chi connectivity index (χ0) is 11.9. The topological polar surface area (TPSA) is 15.3 Å². The zero-order valence-electron chi connectivity index (χ0n) is 11.6. The van der Waals surface area contributed by atoms with Crippen molar-refractivity contribution >= 4 is 0 Å². The van der Waals surface area contributed by atoms with Crippen molar-refractivity contribution in [3.8, 4) is 0 Å². The molecule has 1 saturated heterocycles. The normalized spacial score (nSPS) is 30.9. The highest BCUT2D eigenvalue weighted by Crippen LogP contribution is 2.26. The lowest BCUT2D eigenvalue weighted by molar-refractivity contribution is 0.277. The van der Waals surface area contributed by atoms with Gasteiger partial charge in [0, 0.05) is 6.04 Å². The molecule has 2 fully saturated rings. The van der Waals surface area contributed by atoms with E-state index in [0.717, 1.165) is 12.0 Å². The van der Waals surface area contributed by atoms with Crippen LogP contribution >= 0.6 is 0 Å². The zero-order valence-corrected chi connectivity index (χ0v) is 11.6. The molecule has 1 saturated carbocycles. The van der Waals surface area contributed by atoms with Crippen LogP contribution in [0.25, 0.3) is 0 Å². The first-order valence-corrected chi connectivity index (χ1v) is 7.84. The lowest BCUT2D eigenvalue weighted by Crippen LogP contribution is -2.35. The number of nitrogens with one attached hydrogen (secondary N) is 1. The second-order valence-corrected chi connectivity index (χ2v) is 5.98. The van der Waals surface area contributed by atoms with E-state index in [1.807, 2.05) is 0 Å². The van der Waals surface area contributed by atoms with Gasteiger partial charge in [0.25, 0.3) is 0 Å². The highest BCUT2D eigenvalue weighted by atomic mass is 15.1. The first-order chi connectivity index (χ1) is 8.38. The fraction of sp³-hybridized carbons (Fsp3) is 1.00. The molecule has 0 atom stereocenters. The van der Waals surface area contributed by atoms with E-state index in [1.54, 1.807) is 0 Å². The average molecular weight is 238 g/mol. The standard InChI is InChI=1S/C15H30N2/c1-2-14-6-8-15(9-7-14)16-10-5-13-17-11-3-4-12-17/h14-16H,2-13H2,1H3. The van der Waals surface area contributed by atoms with Gasteiger partial charge in [0.05, 0.1) is 0 Å². The highest BCUT2D eigenvalue weighted by molar-refractivity contribution is 4.76. The molecule has 2 nitrogen and oxygen atoms in total. The molecule has 1 heterocycles. The maximum absolute atomic E-state index is 3.76. The monoisotopic (exact) mass is 238 g/mol. The molecule has 1 aliphatic heterocycles. The minimum Gasteiger partial charge on any atom is -0.314 e. The van der Waals surface area contributed by atoms with E-state index in [-0.39, 0.29) is 0 Å². The summed E-state index contributed by atoms with van der Waals surface area (Å²) in [5.41, 5.74) is 0. The number of hydrogen-bond acceptors (Lipinski definition) is 2. The number of hydrogen-bond donors (Lipinski definition) is 1. The Kier molecular flexibility index (Phi) is 5.79. The van der Waals surface area contributed by atoms with E-state index in [0.29, 0.717) is 0 Å². The van der Waals surface area contributed by atoms with E-state index < -0.39 is 0 Å². The van der Waals surface area contributed by atoms with Gasteiger partial charge in [0.15, 0.2) is 0 Å². The van der Waals surface area contributed by atoms with E-state index in [9.17, 15) is 0 Å². The first-order valence-electron chi connectivity index (χ1n) is 7.84. The molecule has 0 unspecified atom stereocenters. The molecule has 0 bridgehead atoms. The molecule has 17 heavy (non-hydrogen) atoms. The molecule has 2 heteroatoms. The fourth-order valence-corrected chi connectivity index (χ4v) is 3.39. The maximum atomic E-state index is 3.76. The fourth-order valence-electron chi connectivity index (χ4n) is 3.39. The van der Waals surface area contributed by atoms with Crippen molar-refractivity contribution in [2.75, 3.05) is 26.2 Å². The Morgan fingerprint density at radius 3 is 2.41 bits per heavy atom. The van der Waals surface area contributed by atoms with Crippen LogP contribution in [-0.2, 0) is 0 Å². The molecule has 0 amide bonds. The predicted octanol–water partition coefficient (Wildman–Crippen LogP) is 3.03. The molecular weight excluding hydrogens is 208 g/mol. The smallest absolute Gasteiger partial charge is 0.00672 e. The van der Waals surface area contributed by atoms with Crippen molar-refractivity contribution in [2.45, 2.75) is 64.3 Å². The molecule has 1 N–H and O–H groups in total. The molecule has 1 aliphatic carbocycles. The van der Waals surface area contributed by atoms with Crippen LogP contribution in [0.4, 0.5) is 0 Å². The molecule has 0 aromatic carbocycles. The van der Waals surface area contributed by atoms with Gasteiger partial charge in [-0.3, -0.25) is 0 Å². The maximum Gasteiger partial charge on any atom is 0.00672 e. The van der Waals surface area contributed by atoms with Crippen LogP contribution in [-0.4, -0.2) is 37.1 Å². The molecule has 0 spiro atoms. The Morgan fingerprint density at radius 1 is 1.06 bits per heavy atom. The quantitative estimate of drug-likeness (QED) is 0.716. The van der Waals surface area contributed by atoms with Gasteiger partial charge >= 0.3 is 0 Å². The van der Waals surface area contributed by atoms with Crippen molar-refractivity contribution in [1.29, 1.82) is 0 Å². The molecule has 2 aliphatic rings. The summed E-state index contributed by atoms with van der Waals surface area (Å²) in [6, 6.07) is 0.830. The van der Waals surface area contributed by atoms with Gasteiger partial charge in [0.1, 0.15) is 0 Å². The average Bonchev–Trinajstić information content (AvgIpc) is 2.88. The largest absolute Gasteiger partial charge is 0.314 e. The second kappa shape index (κ2) is 7.38. The summed E-state index contributed by atoms with van der Waals surface area (Å²) >= 11 is 0. The van der Waals surface area contributed by atoms with Crippen LogP contribution in [0, 0.1) is 5.92 Å². The lowest BCUT2D eigenvalue weighted by atomic mass is 9.84.